The lowest BCUT2D eigenvalue weighted by atomic mass is 10.3. The highest BCUT2D eigenvalue weighted by Gasteiger charge is 2.09. The molecule has 0 radical (unpaired) electrons. The van der Waals surface area contributed by atoms with E-state index < -0.39 is 0 Å². The molecule has 0 unspecified atom stereocenters. The number of aromatic nitrogens is 2. The molecule has 4 nitrogen and oxygen atoms in total. The molecule has 0 spiro atoms. The second-order valence-electron chi connectivity index (χ2n) is 4.10. The van der Waals surface area contributed by atoms with Crippen LogP contribution in [0.25, 0.3) is 10.2 Å². The standard InChI is InChI=1S/C14H10BrN3OS/c15-12-7-3-5-10(17-12)14(19)16-8-13-18-9-4-1-2-6-11(9)20-13/h1-7H,8H2,(H,16,19). The van der Waals surface area contributed by atoms with Gasteiger partial charge in [-0.3, -0.25) is 4.79 Å². The van der Waals surface area contributed by atoms with Crippen LogP contribution in [-0.2, 0) is 6.54 Å². The predicted molar refractivity (Wildman–Crippen MR) is 82.7 cm³/mol. The molecular weight excluding hydrogens is 338 g/mol. The molecule has 100 valence electrons. The summed E-state index contributed by atoms with van der Waals surface area (Å²) in [5.41, 5.74) is 1.35. The second-order valence-corrected chi connectivity index (χ2v) is 6.03. The maximum atomic E-state index is 12.0. The Labute approximate surface area is 128 Å². The van der Waals surface area contributed by atoms with Gasteiger partial charge in [-0.25, -0.2) is 9.97 Å². The predicted octanol–water partition coefficient (Wildman–Crippen LogP) is 3.38. The molecule has 0 aliphatic carbocycles. The van der Waals surface area contributed by atoms with Crippen molar-refractivity contribution in [3.05, 3.63) is 57.8 Å². The van der Waals surface area contributed by atoms with E-state index in [1.165, 1.54) is 0 Å². The van der Waals surface area contributed by atoms with Crippen LogP contribution in [0.1, 0.15) is 15.5 Å². The maximum Gasteiger partial charge on any atom is 0.270 e. The Bertz CT molecular complexity index is 739. The highest BCUT2D eigenvalue weighted by molar-refractivity contribution is 9.10. The van der Waals surface area contributed by atoms with E-state index in [2.05, 4.69) is 31.2 Å². The fraction of sp³-hybridized carbons (Fsp3) is 0.0714. The maximum absolute atomic E-state index is 12.0. The van der Waals surface area contributed by atoms with E-state index in [-0.39, 0.29) is 5.91 Å². The summed E-state index contributed by atoms with van der Waals surface area (Å²) in [4.78, 5) is 20.6. The van der Waals surface area contributed by atoms with Crippen LogP contribution in [0.2, 0.25) is 0 Å². The normalized spacial score (nSPS) is 10.7. The van der Waals surface area contributed by atoms with Gasteiger partial charge in [-0.1, -0.05) is 18.2 Å². The number of thiazole rings is 1. The molecule has 1 N–H and O–H groups in total. The molecule has 0 fully saturated rings. The van der Waals surface area contributed by atoms with E-state index in [0.717, 1.165) is 15.2 Å². The number of fused-ring (bicyclic) bond motifs is 1. The summed E-state index contributed by atoms with van der Waals surface area (Å²) in [7, 11) is 0. The first-order valence-electron chi connectivity index (χ1n) is 5.97. The minimum absolute atomic E-state index is 0.203. The van der Waals surface area contributed by atoms with Crippen LogP contribution < -0.4 is 5.32 Å². The van der Waals surface area contributed by atoms with E-state index in [0.29, 0.717) is 16.8 Å². The summed E-state index contributed by atoms with van der Waals surface area (Å²) in [6.45, 7) is 0.409. The Morgan fingerprint density at radius 2 is 2.00 bits per heavy atom. The van der Waals surface area contributed by atoms with Gasteiger partial charge in [0, 0.05) is 0 Å². The van der Waals surface area contributed by atoms with Crippen molar-refractivity contribution in [2.45, 2.75) is 6.54 Å². The van der Waals surface area contributed by atoms with Gasteiger partial charge in [0.15, 0.2) is 0 Å². The van der Waals surface area contributed by atoms with Gasteiger partial charge >= 0.3 is 0 Å². The third kappa shape index (κ3) is 2.86. The molecule has 0 saturated carbocycles. The van der Waals surface area contributed by atoms with E-state index in [9.17, 15) is 4.79 Å². The number of hydrogen-bond donors (Lipinski definition) is 1. The number of nitrogens with zero attached hydrogens (tertiary/aromatic N) is 2. The lowest BCUT2D eigenvalue weighted by Gasteiger charge is -2.02. The molecule has 0 bridgehead atoms. The van der Waals surface area contributed by atoms with Crippen molar-refractivity contribution in [1.29, 1.82) is 0 Å². The second kappa shape index (κ2) is 5.68. The van der Waals surface area contributed by atoms with Gasteiger partial charge < -0.3 is 5.32 Å². The van der Waals surface area contributed by atoms with Crippen molar-refractivity contribution in [3.63, 3.8) is 0 Å². The van der Waals surface area contributed by atoms with E-state index >= 15 is 0 Å². The van der Waals surface area contributed by atoms with Gasteiger partial charge in [-0.05, 0) is 40.2 Å². The molecule has 3 aromatic rings. The van der Waals surface area contributed by atoms with Crippen molar-refractivity contribution in [1.82, 2.24) is 15.3 Å². The number of rotatable bonds is 3. The van der Waals surface area contributed by atoms with Gasteiger partial charge in [-0.2, -0.15) is 0 Å². The number of carbonyl (C=O) groups is 1. The largest absolute Gasteiger partial charge is 0.344 e. The fourth-order valence-electron chi connectivity index (χ4n) is 1.78. The van der Waals surface area contributed by atoms with Crippen molar-refractivity contribution in [3.8, 4) is 0 Å². The first-order valence-corrected chi connectivity index (χ1v) is 7.58. The molecule has 0 aliphatic heterocycles. The number of hydrogen-bond acceptors (Lipinski definition) is 4. The smallest absolute Gasteiger partial charge is 0.270 e. The van der Waals surface area contributed by atoms with Crippen LogP contribution in [0, 0.1) is 0 Å². The first kappa shape index (κ1) is 13.2. The first-order chi connectivity index (χ1) is 9.72. The summed E-state index contributed by atoms with van der Waals surface area (Å²) in [5, 5.41) is 3.71. The number of para-hydroxylation sites is 1. The summed E-state index contributed by atoms with van der Waals surface area (Å²) in [6, 6.07) is 13.2. The lowest BCUT2D eigenvalue weighted by Crippen LogP contribution is -2.23. The molecule has 0 aliphatic rings. The van der Waals surface area contributed by atoms with Crippen LogP contribution in [0.5, 0.6) is 0 Å². The van der Waals surface area contributed by atoms with Gasteiger partial charge in [0.05, 0.1) is 16.8 Å². The van der Waals surface area contributed by atoms with Crippen molar-refractivity contribution in [2.24, 2.45) is 0 Å². The summed E-state index contributed by atoms with van der Waals surface area (Å²) >= 11 is 4.83. The molecular formula is C14H10BrN3OS. The Morgan fingerprint density at radius 3 is 2.80 bits per heavy atom. The zero-order valence-electron chi connectivity index (χ0n) is 10.3. The molecule has 0 saturated heterocycles. The van der Waals surface area contributed by atoms with Gasteiger partial charge in [0.25, 0.3) is 5.91 Å². The summed E-state index contributed by atoms with van der Waals surface area (Å²) in [5.74, 6) is -0.203. The SMILES string of the molecule is O=C(NCc1nc2ccccc2s1)c1cccc(Br)n1. The molecule has 3 rings (SSSR count). The third-order valence-electron chi connectivity index (χ3n) is 2.69. The highest BCUT2D eigenvalue weighted by atomic mass is 79.9. The summed E-state index contributed by atoms with van der Waals surface area (Å²) in [6.07, 6.45) is 0. The minimum atomic E-state index is -0.203. The number of pyridine rings is 1. The zero-order valence-corrected chi connectivity index (χ0v) is 12.7. The fourth-order valence-corrected chi connectivity index (χ4v) is 3.03. The van der Waals surface area contributed by atoms with Crippen LogP contribution in [0.15, 0.2) is 47.1 Å². The van der Waals surface area contributed by atoms with Gasteiger partial charge in [-0.15, -0.1) is 11.3 Å². The van der Waals surface area contributed by atoms with Crippen LogP contribution >= 0.6 is 27.3 Å². The zero-order chi connectivity index (χ0) is 13.9. The van der Waals surface area contributed by atoms with Gasteiger partial charge in [0.2, 0.25) is 0 Å². The lowest BCUT2D eigenvalue weighted by molar-refractivity contribution is 0.0945. The number of benzene rings is 1. The Morgan fingerprint density at radius 1 is 1.15 bits per heavy atom. The molecule has 0 atom stereocenters. The molecule has 2 heterocycles. The number of carbonyl (C=O) groups excluding carboxylic acids is 1. The van der Waals surface area contributed by atoms with Crippen molar-refractivity contribution in [2.75, 3.05) is 0 Å². The third-order valence-corrected chi connectivity index (χ3v) is 4.16. The monoisotopic (exact) mass is 347 g/mol. The van der Waals surface area contributed by atoms with E-state index in [4.69, 9.17) is 0 Å². The van der Waals surface area contributed by atoms with Crippen LogP contribution in [0.4, 0.5) is 0 Å². The highest BCUT2D eigenvalue weighted by Crippen LogP contribution is 2.21. The van der Waals surface area contributed by atoms with Crippen molar-refractivity contribution >= 4 is 43.4 Å². The number of amides is 1. The van der Waals surface area contributed by atoms with Crippen LogP contribution in [-0.4, -0.2) is 15.9 Å². The topological polar surface area (TPSA) is 54.9 Å². The number of nitrogens with one attached hydrogen (secondary N) is 1. The van der Waals surface area contributed by atoms with Gasteiger partial charge in [0.1, 0.15) is 15.3 Å². The average molecular weight is 348 g/mol. The summed E-state index contributed by atoms with van der Waals surface area (Å²) < 4.78 is 1.77. The molecule has 1 amide bonds. The van der Waals surface area contributed by atoms with Crippen molar-refractivity contribution < 1.29 is 4.79 Å². The van der Waals surface area contributed by atoms with Crippen LogP contribution in [0.3, 0.4) is 0 Å². The molecule has 2 aromatic heterocycles. The quantitative estimate of drug-likeness (QED) is 0.739. The Kier molecular flexibility index (Phi) is 3.75. The molecule has 20 heavy (non-hydrogen) atoms. The average Bonchev–Trinajstić information content (AvgIpc) is 2.87. The molecule has 6 heteroatoms. The molecule has 1 aromatic carbocycles. The van der Waals surface area contributed by atoms with E-state index in [1.54, 1.807) is 29.5 Å². The number of halogens is 1. The Balaban J connectivity index is 1.71. The van der Waals surface area contributed by atoms with E-state index in [1.807, 2.05) is 24.3 Å². The minimum Gasteiger partial charge on any atom is -0.344 e. The Hall–Kier alpha value is -1.79.